The number of aromatic nitrogens is 1. The molecular formula is C30H30N4O3. The summed E-state index contributed by atoms with van der Waals surface area (Å²) in [4.78, 5) is 45.6. The van der Waals surface area contributed by atoms with Crippen molar-refractivity contribution in [2.75, 3.05) is 17.2 Å². The van der Waals surface area contributed by atoms with Gasteiger partial charge >= 0.3 is 0 Å². The van der Waals surface area contributed by atoms with Crippen LogP contribution < -0.4 is 10.6 Å². The molecule has 188 valence electrons. The Morgan fingerprint density at radius 1 is 1.05 bits per heavy atom. The number of likely N-dealkylation sites (tertiary alicyclic amines) is 1. The zero-order chi connectivity index (χ0) is 25.8. The Hall–Kier alpha value is -4.00. The normalized spacial score (nSPS) is 23.5. The third kappa shape index (κ3) is 3.89. The predicted octanol–water partition coefficient (Wildman–Crippen LogP) is 4.40. The van der Waals surface area contributed by atoms with Gasteiger partial charge in [-0.2, -0.15) is 0 Å². The van der Waals surface area contributed by atoms with Crippen molar-refractivity contribution in [3.05, 3.63) is 89.1 Å². The van der Waals surface area contributed by atoms with Gasteiger partial charge in [0, 0.05) is 22.9 Å². The second-order valence-corrected chi connectivity index (χ2v) is 11.1. The molecule has 37 heavy (non-hydrogen) atoms. The van der Waals surface area contributed by atoms with Crippen LogP contribution in [0.2, 0.25) is 0 Å². The van der Waals surface area contributed by atoms with Crippen LogP contribution in [-0.2, 0) is 32.6 Å². The molecule has 1 spiro atoms. The quantitative estimate of drug-likeness (QED) is 0.563. The molecule has 3 heterocycles. The van der Waals surface area contributed by atoms with Crippen molar-refractivity contribution in [1.82, 2.24) is 9.88 Å². The molecule has 1 saturated heterocycles. The fourth-order valence-electron chi connectivity index (χ4n) is 6.19. The number of nitrogens with zero attached hydrogens (tertiary/aromatic N) is 2. The molecule has 1 aliphatic carbocycles. The van der Waals surface area contributed by atoms with Gasteiger partial charge in [-0.05, 0) is 60.6 Å². The maximum Gasteiger partial charge on any atom is 0.244 e. The van der Waals surface area contributed by atoms with E-state index in [1.807, 2.05) is 74.5 Å². The van der Waals surface area contributed by atoms with Crippen LogP contribution in [0.4, 0.5) is 11.5 Å². The Morgan fingerprint density at radius 2 is 1.84 bits per heavy atom. The van der Waals surface area contributed by atoms with E-state index < -0.39 is 10.8 Å². The van der Waals surface area contributed by atoms with E-state index in [0.29, 0.717) is 24.3 Å². The number of hydrogen-bond acceptors (Lipinski definition) is 4. The number of rotatable bonds is 4. The molecule has 2 N–H and O–H groups in total. The summed E-state index contributed by atoms with van der Waals surface area (Å²) in [5.74, 6) is 0.378. The molecule has 6 rings (SSSR count). The molecule has 0 bridgehead atoms. The zero-order valence-electron chi connectivity index (χ0n) is 21.1. The van der Waals surface area contributed by atoms with E-state index in [9.17, 15) is 14.4 Å². The number of carbonyl (C=O) groups excluding carboxylic acids is 3. The molecule has 3 aliphatic rings. The molecule has 2 unspecified atom stereocenters. The highest BCUT2D eigenvalue weighted by atomic mass is 16.2. The van der Waals surface area contributed by atoms with Crippen molar-refractivity contribution in [3.63, 3.8) is 0 Å². The number of hydrogen-bond donors (Lipinski definition) is 2. The Kier molecular flexibility index (Phi) is 5.40. The number of benzene rings is 2. The average Bonchev–Trinajstić information content (AvgIpc) is 3.40. The van der Waals surface area contributed by atoms with Crippen molar-refractivity contribution in [3.8, 4) is 0 Å². The Bertz CT molecular complexity index is 1420. The largest absolute Gasteiger partial charge is 0.326 e. The van der Waals surface area contributed by atoms with Crippen LogP contribution in [-0.4, -0.2) is 34.2 Å². The molecule has 2 atom stereocenters. The van der Waals surface area contributed by atoms with Crippen molar-refractivity contribution in [2.45, 2.75) is 51.0 Å². The van der Waals surface area contributed by atoms with Crippen LogP contribution in [0.3, 0.4) is 0 Å². The van der Waals surface area contributed by atoms with E-state index in [4.69, 9.17) is 0 Å². The SMILES string of the molecule is CC1(C)CCC(c2ccccc2)N(CC(=O)Nc2ccc3c(c2)CC2(C3)C(=O)Nc3ncccc32)C1=O. The molecule has 1 fully saturated rings. The number of fused-ring (bicyclic) bond motifs is 3. The van der Waals surface area contributed by atoms with Crippen LogP contribution in [0.15, 0.2) is 66.9 Å². The van der Waals surface area contributed by atoms with Gasteiger partial charge in [-0.3, -0.25) is 14.4 Å². The third-order valence-electron chi connectivity index (χ3n) is 8.22. The molecule has 0 saturated carbocycles. The van der Waals surface area contributed by atoms with Gasteiger partial charge in [-0.15, -0.1) is 0 Å². The summed E-state index contributed by atoms with van der Waals surface area (Å²) in [7, 11) is 0. The number of piperidine rings is 1. The Labute approximate surface area is 216 Å². The first kappa shape index (κ1) is 23.4. The highest BCUT2D eigenvalue weighted by Gasteiger charge is 2.51. The first-order chi connectivity index (χ1) is 17.8. The van der Waals surface area contributed by atoms with E-state index in [1.54, 1.807) is 11.1 Å². The van der Waals surface area contributed by atoms with Crippen molar-refractivity contribution < 1.29 is 14.4 Å². The topological polar surface area (TPSA) is 91.4 Å². The fourth-order valence-corrected chi connectivity index (χ4v) is 6.19. The summed E-state index contributed by atoms with van der Waals surface area (Å²) in [6, 6.07) is 19.5. The van der Waals surface area contributed by atoms with Gasteiger partial charge in [0.2, 0.25) is 17.7 Å². The molecule has 0 radical (unpaired) electrons. The number of pyridine rings is 1. The minimum Gasteiger partial charge on any atom is -0.326 e. The summed E-state index contributed by atoms with van der Waals surface area (Å²) in [5.41, 5.74) is 3.64. The van der Waals surface area contributed by atoms with Crippen LogP contribution in [0.5, 0.6) is 0 Å². The van der Waals surface area contributed by atoms with Crippen molar-refractivity contribution >= 4 is 29.2 Å². The number of carbonyl (C=O) groups is 3. The summed E-state index contributed by atoms with van der Waals surface area (Å²) < 4.78 is 0. The minimum absolute atomic E-state index is 0.00170. The lowest BCUT2D eigenvalue weighted by atomic mass is 9.78. The first-order valence-electron chi connectivity index (χ1n) is 12.8. The van der Waals surface area contributed by atoms with E-state index in [2.05, 4.69) is 15.6 Å². The lowest BCUT2D eigenvalue weighted by Crippen LogP contribution is -2.50. The van der Waals surface area contributed by atoms with Crippen LogP contribution in [0, 0.1) is 5.41 Å². The first-order valence-corrected chi connectivity index (χ1v) is 12.8. The number of anilines is 2. The molecule has 7 heteroatoms. The summed E-state index contributed by atoms with van der Waals surface area (Å²) >= 11 is 0. The van der Waals surface area contributed by atoms with Gasteiger partial charge in [0.15, 0.2) is 0 Å². The fraction of sp³-hybridized carbons (Fsp3) is 0.333. The lowest BCUT2D eigenvalue weighted by molar-refractivity contribution is -0.150. The van der Waals surface area contributed by atoms with Crippen molar-refractivity contribution in [2.24, 2.45) is 5.41 Å². The van der Waals surface area contributed by atoms with Crippen LogP contribution in [0.1, 0.15) is 55.0 Å². The van der Waals surface area contributed by atoms with E-state index >= 15 is 0 Å². The molecule has 2 aromatic carbocycles. The highest BCUT2D eigenvalue weighted by Crippen LogP contribution is 2.47. The van der Waals surface area contributed by atoms with Gasteiger partial charge < -0.3 is 15.5 Å². The van der Waals surface area contributed by atoms with Crippen molar-refractivity contribution in [1.29, 1.82) is 0 Å². The molecule has 2 aliphatic heterocycles. The Morgan fingerprint density at radius 3 is 2.65 bits per heavy atom. The van der Waals surface area contributed by atoms with Crippen LogP contribution in [0.25, 0.3) is 0 Å². The number of nitrogens with one attached hydrogen (secondary N) is 2. The lowest BCUT2D eigenvalue weighted by Gasteiger charge is -2.43. The van der Waals surface area contributed by atoms with E-state index in [1.165, 1.54) is 0 Å². The Balaban J connectivity index is 1.20. The second kappa shape index (κ2) is 8.54. The van der Waals surface area contributed by atoms with Gasteiger partial charge in [0.05, 0.1) is 11.5 Å². The predicted molar refractivity (Wildman–Crippen MR) is 141 cm³/mol. The van der Waals surface area contributed by atoms with E-state index in [-0.39, 0.29) is 30.3 Å². The standard InChI is InChI=1S/C30H30N4O3/c1-29(2)13-12-24(19-7-4-3-5-8-19)34(28(29)37)18-25(35)32-22-11-10-20-16-30(17-21(20)15-22)23-9-6-14-31-26(23)33-27(30)36/h3-11,14-15,24H,12-13,16-18H2,1-2H3,(H,32,35)(H,31,33,36). The van der Waals surface area contributed by atoms with Gasteiger partial charge in [-0.1, -0.05) is 56.3 Å². The second-order valence-electron chi connectivity index (χ2n) is 11.1. The number of amides is 3. The maximum atomic E-state index is 13.4. The van der Waals surface area contributed by atoms with Gasteiger partial charge in [0.1, 0.15) is 12.4 Å². The summed E-state index contributed by atoms with van der Waals surface area (Å²) in [6.45, 7) is 3.89. The molecule has 1 aromatic heterocycles. The summed E-state index contributed by atoms with van der Waals surface area (Å²) in [6.07, 6.45) is 4.45. The maximum absolute atomic E-state index is 13.4. The zero-order valence-corrected chi connectivity index (χ0v) is 21.1. The van der Waals surface area contributed by atoms with Gasteiger partial charge in [0.25, 0.3) is 0 Å². The monoisotopic (exact) mass is 494 g/mol. The molecule has 3 aromatic rings. The minimum atomic E-state index is -0.650. The molecular weight excluding hydrogens is 464 g/mol. The molecule has 3 amide bonds. The summed E-state index contributed by atoms with van der Waals surface area (Å²) in [5, 5.41) is 5.93. The van der Waals surface area contributed by atoms with Gasteiger partial charge in [-0.25, -0.2) is 4.98 Å². The smallest absolute Gasteiger partial charge is 0.244 e. The van der Waals surface area contributed by atoms with Crippen LogP contribution >= 0.6 is 0 Å². The highest BCUT2D eigenvalue weighted by molar-refractivity contribution is 6.06. The molecule has 7 nitrogen and oxygen atoms in total. The average molecular weight is 495 g/mol. The van der Waals surface area contributed by atoms with E-state index in [0.717, 1.165) is 35.1 Å². The third-order valence-corrected chi connectivity index (χ3v) is 8.22.